The van der Waals surface area contributed by atoms with Crippen LogP contribution >= 0.6 is 11.8 Å². The zero-order valence-corrected chi connectivity index (χ0v) is 21.5. The van der Waals surface area contributed by atoms with Gasteiger partial charge in [0.25, 0.3) is 11.7 Å². The fraction of sp³-hybridized carbons (Fsp3) is 0.185. The summed E-state index contributed by atoms with van der Waals surface area (Å²) in [5.74, 6) is 1.38. The van der Waals surface area contributed by atoms with Crippen molar-refractivity contribution in [2.24, 2.45) is 5.10 Å². The lowest BCUT2D eigenvalue weighted by molar-refractivity contribution is -0.625. The van der Waals surface area contributed by atoms with E-state index in [1.54, 1.807) is 26.2 Å². The van der Waals surface area contributed by atoms with Crippen LogP contribution in [0.3, 0.4) is 0 Å². The molecule has 0 radical (unpaired) electrons. The summed E-state index contributed by atoms with van der Waals surface area (Å²) in [6, 6.07) is 20.3. The van der Waals surface area contributed by atoms with Crippen molar-refractivity contribution in [1.82, 2.24) is 15.6 Å². The maximum atomic E-state index is 12.5. The molecule has 37 heavy (non-hydrogen) atoms. The van der Waals surface area contributed by atoms with Crippen LogP contribution in [0.4, 0.5) is 0 Å². The van der Waals surface area contributed by atoms with E-state index in [1.165, 1.54) is 24.0 Å². The predicted molar refractivity (Wildman–Crippen MR) is 140 cm³/mol. The third kappa shape index (κ3) is 6.47. The Balaban J connectivity index is 1.48. The van der Waals surface area contributed by atoms with E-state index < -0.39 is 0 Å². The van der Waals surface area contributed by atoms with E-state index in [0.717, 1.165) is 28.4 Å². The van der Waals surface area contributed by atoms with E-state index in [1.807, 2.05) is 60.0 Å². The topological polar surface area (TPSA) is 116 Å². The number of ether oxygens (including phenoxy) is 2. The molecular weight excluding hydrogens is 490 g/mol. The molecule has 1 amide bonds. The number of carbonyl (C=O) groups excluding carboxylic acids is 1. The Bertz CT molecular complexity index is 1390. The third-order valence-electron chi connectivity index (χ3n) is 5.33. The van der Waals surface area contributed by atoms with E-state index in [9.17, 15) is 9.90 Å². The molecule has 0 aliphatic heterocycles. The second kappa shape index (κ2) is 12.1. The number of amides is 1. The van der Waals surface area contributed by atoms with Gasteiger partial charge in [0.05, 0.1) is 36.3 Å². The van der Waals surface area contributed by atoms with Gasteiger partial charge in [-0.05, 0) is 73.6 Å². The second-order valence-electron chi connectivity index (χ2n) is 7.98. The normalized spacial score (nSPS) is 11.0. The number of benzene rings is 3. The third-order valence-corrected chi connectivity index (χ3v) is 6.27. The van der Waals surface area contributed by atoms with Crippen molar-refractivity contribution < 1.29 is 23.9 Å². The Labute approximate surface area is 219 Å². The number of carbonyl (C=O) groups is 1. The Kier molecular flexibility index (Phi) is 8.42. The zero-order chi connectivity index (χ0) is 26.2. The number of aromatic nitrogens is 3. The SMILES string of the molecule is CCOc1cc(/C=N/NC(=O)CSc2n[nH]c(-c3ccc(C)cc3)[n+]2-c2ccc(OC)cc2)ccc1[O-]. The van der Waals surface area contributed by atoms with Gasteiger partial charge in [-0.3, -0.25) is 4.79 Å². The van der Waals surface area contributed by atoms with Crippen molar-refractivity contribution in [2.75, 3.05) is 19.5 Å². The van der Waals surface area contributed by atoms with Gasteiger partial charge in [0.2, 0.25) is 0 Å². The lowest BCUT2D eigenvalue weighted by Crippen LogP contribution is -2.34. The number of aromatic amines is 1. The first-order chi connectivity index (χ1) is 18.0. The molecule has 0 fully saturated rings. The van der Waals surface area contributed by atoms with Crippen LogP contribution in [0.2, 0.25) is 0 Å². The minimum absolute atomic E-state index is 0.0926. The van der Waals surface area contributed by atoms with Gasteiger partial charge in [0.15, 0.2) is 0 Å². The molecule has 1 heterocycles. The number of hydrogen-bond acceptors (Lipinski definition) is 7. The smallest absolute Gasteiger partial charge is 0.342 e. The first kappa shape index (κ1) is 25.8. The van der Waals surface area contributed by atoms with Crippen molar-refractivity contribution in [2.45, 2.75) is 19.0 Å². The van der Waals surface area contributed by atoms with Crippen LogP contribution in [0.15, 0.2) is 77.0 Å². The van der Waals surface area contributed by atoms with Crippen molar-refractivity contribution in [1.29, 1.82) is 0 Å². The molecule has 190 valence electrons. The van der Waals surface area contributed by atoms with E-state index in [0.29, 0.717) is 17.3 Å². The van der Waals surface area contributed by atoms with Gasteiger partial charge in [-0.25, -0.2) is 5.43 Å². The molecule has 4 aromatic rings. The summed E-state index contributed by atoms with van der Waals surface area (Å²) in [7, 11) is 1.62. The number of H-pyrrole nitrogens is 1. The number of nitrogens with one attached hydrogen (secondary N) is 2. The fourth-order valence-corrected chi connectivity index (χ4v) is 4.24. The maximum absolute atomic E-state index is 12.5. The van der Waals surface area contributed by atoms with Gasteiger partial charge in [-0.1, -0.05) is 35.6 Å². The molecule has 0 bridgehead atoms. The fourth-order valence-electron chi connectivity index (χ4n) is 3.48. The molecular formula is C27H27N5O4S. The maximum Gasteiger partial charge on any atom is 0.342 e. The van der Waals surface area contributed by atoms with Crippen LogP contribution in [0.5, 0.6) is 17.2 Å². The predicted octanol–water partition coefficient (Wildman–Crippen LogP) is 3.39. The first-order valence-corrected chi connectivity index (χ1v) is 12.6. The summed E-state index contributed by atoms with van der Waals surface area (Å²) in [6.07, 6.45) is 1.46. The van der Waals surface area contributed by atoms with Crippen molar-refractivity contribution in [3.63, 3.8) is 0 Å². The molecule has 0 saturated heterocycles. The van der Waals surface area contributed by atoms with Gasteiger partial charge in [0, 0.05) is 0 Å². The highest BCUT2D eigenvalue weighted by atomic mass is 32.2. The molecule has 0 aliphatic rings. The van der Waals surface area contributed by atoms with Crippen LogP contribution in [0.1, 0.15) is 18.1 Å². The number of methoxy groups -OCH3 is 1. The summed E-state index contributed by atoms with van der Waals surface area (Å²) in [5, 5.41) is 24.0. The van der Waals surface area contributed by atoms with Gasteiger partial charge < -0.3 is 14.6 Å². The first-order valence-electron chi connectivity index (χ1n) is 11.6. The number of nitrogens with zero attached hydrogens (tertiary/aromatic N) is 3. The Morgan fingerprint density at radius 1 is 1.16 bits per heavy atom. The van der Waals surface area contributed by atoms with Gasteiger partial charge >= 0.3 is 5.16 Å². The van der Waals surface area contributed by atoms with Crippen LogP contribution in [0, 0.1) is 6.92 Å². The lowest BCUT2D eigenvalue weighted by atomic mass is 10.1. The van der Waals surface area contributed by atoms with Gasteiger partial charge in [0.1, 0.15) is 17.2 Å². The van der Waals surface area contributed by atoms with Gasteiger partial charge in [-0.2, -0.15) is 9.67 Å². The monoisotopic (exact) mass is 517 g/mol. The van der Waals surface area contributed by atoms with E-state index in [4.69, 9.17) is 9.47 Å². The zero-order valence-electron chi connectivity index (χ0n) is 20.7. The minimum Gasteiger partial charge on any atom is -0.870 e. The Morgan fingerprint density at radius 2 is 1.92 bits per heavy atom. The summed E-state index contributed by atoms with van der Waals surface area (Å²) < 4.78 is 12.6. The van der Waals surface area contributed by atoms with Crippen LogP contribution in [0.25, 0.3) is 17.1 Å². The Hall–Kier alpha value is -4.31. The van der Waals surface area contributed by atoms with Crippen molar-refractivity contribution >= 4 is 23.9 Å². The molecule has 3 aromatic carbocycles. The molecule has 0 atom stereocenters. The minimum atomic E-state index is -0.298. The molecule has 0 aliphatic carbocycles. The number of hydrogen-bond donors (Lipinski definition) is 2. The van der Waals surface area contributed by atoms with Crippen LogP contribution in [-0.4, -0.2) is 41.8 Å². The van der Waals surface area contributed by atoms with Crippen molar-refractivity contribution in [3.05, 3.63) is 77.9 Å². The number of hydrazone groups is 1. The average molecular weight is 518 g/mol. The Morgan fingerprint density at radius 3 is 2.62 bits per heavy atom. The summed E-state index contributed by atoms with van der Waals surface area (Å²) in [4.78, 5) is 12.5. The van der Waals surface area contributed by atoms with E-state index in [2.05, 4.69) is 20.7 Å². The number of thioether (sulfide) groups is 1. The standard InChI is InChI=1S/C27H27N5O4S/c1-4-36-24-15-19(7-14-23(24)33)16-28-29-25(34)17-37-27-31-30-26(20-8-5-18(2)6-9-20)32(27)21-10-12-22(35-3)13-11-21/h5-16H,4,17H2,1-3H3,(H2,28,29,33,34). The molecule has 1 aromatic heterocycles. The van der Waals surface area contributed by atoms with E-state index >= 15 is 0 Å². The molecule has 0 unspecified atom stereocenters. The summed E-state index contributed by atoms with van der Waals surface area (Å²) >= 11 is 1.28. The highest BCUT2D eigenvalue weighted by Crippen LogP contribution is 2.24. The summed E-state index contributed by atoms with van der Waals surface area (Å²) in [6.45, 7) is 4.23. The lowest BCUT2D eigenvalue weighted by Gasteiger charge is -2.13. The highest BCUT2D eigenvalue weighted by molar-refractivity contribution is 7.99. The van der Waals surface area contributed by atoms with Crippen LogP contribution < -0.4 is 24.6 Å². The van der Waals surface area contributed by atoms with Gasteiger partial charge in [-0.15, -0.1) is 5.10 Å². The van der Waals surface area contributed by atoms with Crippen LogP contribution in [-0.2, 0) is 4.79 Å². The van der Waals surface area contributed by atoms with Crippen molar-refractivity contribution in [3.8, 4) is 34.3 Å². The quantitative estimate of drug-likeness (QED) is 0.144. The largest absolute Gasteiger partial charge is 0.870 e. The average Bonchev–Trinajstić information content (AvgIpc) is 3.34. The molecule has 0 saturated carbocycles. The molecule has 2 N–H and O–H groups in total. The second-order valence-corrected chi connectivity index (χ2v) is 8.92. The molecule has 4 rings (SSSR count). The highest BCUT2D eigenvalue weighted by Gasteiger charge is 2.24. The molecule has 10 heteroatoms. The van der Waals surface area contributed by atoms with E-state index in [-0.39, 0.29) is 23.2 Å². The summed E-state index contributed by atoms with van der Waals surface area (Å²) in [5.41, 5.74) is 6.15. The number of rotatable bonds is 10. The number of aryl methyl sites for hydroxylation is 1. The molecule has 0 spiro atoms. The molecule has 9 nitrogen and oxygen atoms in total.